The standard InChI is InChI=1S/C19H24N4O3S/c1-13(2)15-12-27-19(20-15)21-18(26)14-6-7-16(24)23(10-14)11-17(25)22-8-4-3-5-9-22/h6-7,10,12-13H,3-5,8-9,11H2,1-2H3,(H,20,21,26). The summed E-state index contributed by atoms with van der Waals surface area (Å²) in [6, 6.07) is 2.79. The number of carbonyl (C=O) groups is 2. The van der Waals surface area contributed by atoms with Crippen LogP contribution < -0.4 is 10.9 Å². The summed E-state index contributed by atoms with van der Waals surface area (Å²) in [5, 5.41) is 5.19. The number of aromatic nitrogens is 2. The van der Waals surface area contributed by atoms with Gasteiger partial charge in [0, 0.05) is 30.7 Å². The lowest BCUT2D eigenvalue weighted by Crippen LogP contribution is -2.39. The third-order valence-corrected chi connectivity index (χ3v) is 5.37. The fourth-order valence-electron chi connectivity index (χ4n) is 2.96. The minimum atomic E-state index is -0.348. The van der Waals surface area contributed by atoms with Crippen molar-refractivity contribution >= 4 is 28.3 Å². The lowest BCUT2D eigenvalue weighted by Gasteiger charge is -2.26. The number of thiazole rings is 1. The third-order valence-electron chi connectivity index (χ3n) is 4.59. The predicted octanol–water partition coefficient (Wildman–Crippen LogP) is 2.69. The zero-order valence-corrected chi connectivity index (χ0v) is 16.4. The van der Waals surface area contributed by atoms with Gasteiger partial charge in [-0.15, -0.1) is 11.3 Å². The second kappa shape index (κ2) is 8.47. The molecule has 3 rings (SSSR count). The first-order chi connectivity index (χ1) is 12.9. The van der Waals surface area contributed by atoms with Crippen molar-refractivity contribution in [2.75, 3.05) is 18.4 Å². The van der Waals surface area contributed by atoms with Crippen LogP contribution in [0.15, 0.2) is 28.5 Å². The monoisotopic (exact) mass is 388 g/mol. The van der Waals surface area contributed by atoms with Crippen LogP contribution in [0.4, 0.5) is 5.13 Å². The molecule has 0 spiro atoms. The number of piperidine rings is 1. The molecule has 7 nitrogen and oxygen atoms in total. The van der Waals surface area contributed by atoms with Crippen molar-refractivity contribution in [2.24, 2.45) is 0 Å². The van der Waals surface area contributed by atoms with Crippen LogP contribution in [-0.2, 0) is 11.3 Å². The molecule has 0 bridgehead atoms. The van der Waals surface area contributed by atoms with E-state index in [1.807, 2.05) is 19.2 Å². The Morgan fingerprint density at radius 3 is 2.63 bits per heavy atom. The van der Waals surface area contributed by atoms with Crippen LogP contribution in [0.5, 0.6) is 0 Å². The van der Waals surface area contributed by atoms with Gasteiger partial charge in [-0.25, -0.2) is 4.98 Å². The number of amides is 2. The van der Waals surface area contributed by atoms with Crippen LogP contribution in [-0.4, -0.2) is 39.4 Å². The Hall–Kier alpha value is -2.48. The summed E-state index contributed by atoms with van der Waals surface area (Å²) in [4.78, 5) is 43.2. The van der Waals surface area contributed by atoms with E-state index in [9.17, 15) is 14.4 Å². The molecule has 27 heavy (non-hydrogen) atoms. The van der Waals surface area contributed by atoms with Crippen LogP contribution in [0, 0.1) is 0 Å². The number of anilines is 1. The number of rotatable bonds is 5. The summed E-state index contributed by atoms with van der Waals surface area (Å²) in [5.74, 6) is -0.149. The fraction of sp³-hybridized carbons (Fsp3) is 0.474. The van der Waals surface area contributed by atoms with Crippen LogP contribution in [0.1, 0.15) is 55.1 Å². The number of hydrogen-bond acceptors (Lipinski definition) is 5. The molecule has 144 valence electrons. The van der Waals surface area contributed by atoms with E-state index in [-0.39, 0.29) is 29.8 Å². The number of nitrogens with zero attached hydrogens (tertiary/aromatic N) is 3. The second-order valence-electron chi connectivity index (χ2n) is 7.01. The lowest BCUT2D eigenvalue weighted by atomic mass is 10.1. The first-order valence-corrected chi connectivity index (χ1v) is 10.1. The van der Waals surface area contributed by atoms with Gasteiger partial charge < -0.3 is 9.47 Å². The van der Waals surface area contributed by atoms with Crippen LogP contribution in [0.2, 0.25) is 0 Å². The van der Waals surface area contributed by atoms with E-state index >= 15 is 0 Å². The SMILES string of the molecule is CC(C)c1csc(NC(=O)c2ccc(=O)n(CC(=O)N3CCCCC3)c2)n1. The number of pyridine rings is 1. The Balaban J connectivity index is 1.70. The molecule has 0 atom stereocenters. The normalized spacial score (nSPS) is 14.4. The Kier molecular flexibility index (Phi) is 6.05. The minimum Gasteiger partial charge on any atom is -0.341 e. The molecule has 0 radical (unpaired) electrons. The van der Waals surface area contributed by atoms with E-state index in [0.717, 1.165) is 38.0 Å². The van der Waals surface area contributed by atoms with Gasteiger partial charge in [-0.3, -0.25) is 19.7 Å². The summed E-state index contributed by atoms with van der Waals surface area (Å²) in [5.41, 5.74) is 0.947. The summed E-state index contributed by atoms with van der Waals surface area (Å²) in [6.45, 7) is 5.49. The average molecular weight is 388 g/mol. The van der Waals surface area contributed by atoms with Crippen molar-refractivity contribution in [2.45, 2.75) is 45.6 Å². The molecule has 2 aromatic rings. The molecule has 1 aliphatic heterocycles. The number of carbonyl (C=O) groups excluding carboxylic acids is 2. The zero-order chi connectivity index (χ0) is 19.4. The van der Waals surface area contributed by atoms with Crippen LogP contribution in [0.3, 0.4) is 0 Å². The van der Waals surface area contributed by atoms with E-state index in [1.165, 1.54) is 34.2 Å². The van der Waals surface area contributed by atoms with Crippen LogP contribution >= 0.6 is 11.3 Å². The highest BCUT2D eigenvalue weighted by Crippen LogP contribution is 2.21. The van der Waals surface area contributed by atoms with Gasteiger partial charge in [-0.05, 0) is 31.2 Å². The summed E-state index contributed by atoms with van der Waals surface area (Å²) < 4.78 is 1.30. The Labute approximate surface area is 162 Å². The second-order valence-corrected chi connectivity index (χ2v) is 7.87. The summed E-state index contributed by atoms with van der Waals surface area (Å²) >= 11 is 1.37. The van der Waals surface area contributed by atoms with E-state index in [1.54, 1.807) is 4.90 Å². The number of likely N-dealkylation sites (tertiary alicyclic amines) is 1. The Bertz CT molecular complexity index is 881. The average Bonchev–Trinajstić information content (AvgIpc) is 3.13. The highest BCUT2D eigenvalue weighted by Gasteiger charge is 2.18. The maximum absolute atomic E-state index is 12.5. The van der Waals surface area contributed by atoms with Crippen LogP contribution in [0.25, 0.3) is 0 Å². The molecule has 1 fully saturated rings. The first kappa shape index (κ1) is 19.3. The predicted molar refractivity (Wildman–Crippen MR) is 105 cm³/mol. The summed E-state index contributed by atoms with van der Waals surface area (Å²) in [7, 11) is 0. The number of hydrogen-bond donors (Lipinski definition) is 1. The molecule has 1 aliphatic rings. The van der Waals surface area contributed by atoms with Crippen molar-refractivity contribution < 1.29 is 9.59 Å². The Morgan fingerprint density at radius 2 is 1.96 bits per heavy atom. The van der Waals surface area contributed by atoms with Gasteiger partial charge in [-0.2, -0.15) is 0 Å². The van der Waals surface area contributed by atoms with Gasteiger partial charge in [0.15, 0.2) is 5.13 Å². The number of nitrogens with one attached hydrogen (secondary N) is 1. The maximum Gasteiger partial charge on any atom is 0.258 e. The quantitative estimate of drug-likeness (QED) is 0.853. The molecule has 0 aromatic carbocycles. The van der Waals surface area contributed by atoms with Gasteiger partial charge in [0.2, 0.25) is 5.91 Å². The van der Waals surface area contributed by atoms with Crippen molar-refractivity contribution in [3.63, 3.8) is 0 Å². The Morgan fingerprint density at radius 1 is 1.22 bits per heavy atom. The molecular formula is C19H24N4O3S. The fourth-order valence-corrected chi connectivity index (χ4v) is 3.82. The largest absolute Gasteiger partial charge is 0.341 e. The van der Waals surface area contributed by atoms with Gasteiger partial charge in [0.1, 0.15) is 6.54 Å². The van der Waals surface area contributed by atoms with E-state index in [0.29, 0.717) is 10.7 Å². The highest BCUT2D eigenvalue weighted by molar-refractivity contribution is 7.14. The third kappa shape index (κ3) is 4.82. The van der Waals surface area contributed by atoms with E-state index < -0.39 is 0 Å². The van der Waals surface area contributed by atoms with Crippen molar-refractivity contribution in [1.82, 2.24) is 14.5 Å². The van der Waals surface area contributed by atoms with Gasteiger partial charge in [0.05, 0.1) is 11.3 Å². The van der Waals surface area contributed by atoms with Gasteiger partial charge >= 0.3 is 0 Å². The molecule has 1 saturated heterocycles. The molecule has 3 heterocycles. The van der Waals surface area contributed by atoms with Gasteiger partial charge in [-0.1, -0.05) is 13.8 Å². The molecule has 2 aromatic heterocycles. The molecule has 8 heteroatoms. The maximum atomic E-state index is 12.5. The van der Waals surface area contributed by atoms with Crippen molar-refractivity contribution in [1.29, 1.82) is 0 Å². The summed E-state index contributed by atoms with van der Waals surface area (Å²) in [6.07, 6.45) is 4.57. The molecule has 1 N–H and O–H groups in total. The lowest BCUT2D eigenvalue weighted by molar-refractivity contribution is -0.132. The topological polar surface area (TPSA) is 84.3 Å². The molecule has 0 saturated carbocycles. The van der Waals surface area contributed by atoms with Crippen molar-refractivity contribution in [3.8, 4) is 0 Å². The molecule has 0 unspecified atom stereocenters. The minimum absolute atomic E-state index is 0.0469. The van der Waals surface area contributed by atoms with E-state index in [2.05, 4.69) is 10.3 Å². The molecule has 2 amide bonds. The zero-order valence-electron chi connectivity index (χ0n) is 15.6. The molecular weight excluding hydrogens is 364 g/mol. The van der Waals surface area contributed by atoms with Crippen molar-refractivity contribution in [3.05, 3.63) is 45.3 Å². The molecule has 0 aliphatic carbocycles. The smallest absolute Gasteiger partial charge is 0.258 e. The highest BCUT2D eigenvalue weighted by atomic mass is 32.1. The van der Waals surface area contributed by atoms with E-state index in [4.69, 9.17) is 0 Å². The first-order valence-electron chi connectivity index (χ1n) is 9.19. The van der Waals surface area contributed by atoms with Gasteiger partial charge in [0.25, 0.3) is 11.5 Å².